The lowest BCUT2D eigenvalue weighted by molar-refractivity contribution is -0.136. The highest BCUT2D eigenvalue weighted by Gasteiger charge is 2.56. The number of methoxy groups -OCH3 is 1. The van der Waals surface area contributed by atoms with Gasteiger partial charge in [-0.05, 0) is 0 Å². The number of epoxide rings is 1. The first-order valence-electron chi connectivity index (χ1n) is 3.88. The van der Waals surface area contributed by atoms with Gasteiger partial charge in [0.15, 0.2) is 6.10 Å². The predicted molar refractivity (Wildman–Crippen MR) is 43.1 cm³/mol. The molecule has 2 atom stereocenters. The summed E-state index contributed by atoms with van der Waals surface area (Å²) < 4.78 is 9.13. The fraction of sp³-hybridized carbons (Fsp3) is 0.375. The second-order valence-corrected chi connectivity index (χ2v) is 2.97. The number of aliphatic hydroxyl groups is 1. The molecule has 0 saturated carbocycles. The van der Waals surface area contributed by atoms with Gasteiger partial charge < -0.3 is 14.6 Å². The number of hydrogen-bond donors (Lipinski definition) is 2. The van der Waals surface area contributed by atoms with Crippen LogP contribution in [0.15, 0.2) is 11.3 Å². The van der Waals surface area contributed by atoms with Crippen molar-refractivity contribution in [1.29, 1.82) is 5.41 Å². The molecule has 2 unspecified atom stereocenters. The summed E-state index contributed by atoms with van der Waals surface area (Å²) in [5, 5.41) is 16.8. The third kappa shape index (κ3) is 0.973. The van der Waals surface area contributed by atoms with E-state index in [4.69, 9.17) is 10.1 Å². The number of rotatable bonds is 1. The molecular weight excluding hydrogens is 190 g/mol. The van der Waals surface area contributed by atoms with Crippen molar-refractivity contribution < 1.29 is 24.2 Å². The molecule has 14 heavy (non-hydrogen) atoms. The van der Waals surface area contributed by atoms with E-state index in [1.165, 1.54) is 0 Å². The minimum Gasteiger partial charge on any atom is -0.508 e. The molecule has 2 N–H and O–H groups in total. The van der Waals surface area contributed by atoms with Gasteiger partial charge in [0.1, 0.15) is 23.1 Å². The fourth-order valence-corrected chi connectivity index (χ4v) is 1.36. The fourth-order valence-electron chi connectivity index (χ4n) is 1.36. The molecule has 6 nitrogen and oxygen atoms in total. The molecule has 2 rings (SSSR count). The number of nitrogens with one attached hydrogen (secondary N) is 1. The van der Waals surface area contributed by atoms with Crippen molar-refractivity contribution in [2.24, 2.45) is 0 Å². The van der Waals surface area contributed by atoms with E-state index in [1.54, 1.807) is 0 Å². The second kappa shape index (κ2) is 2.65. The molecular formula is C8H7NO5. The first kappa shape index (κ1) is 8.89. The zero-order valence-corrected chi connectivity index (χ0v) is 7.23. The molecule has 74 valence electrons. The minimum atomic E-state index is -0.894. The van der Waals surface area contributed by atoms with Gasteiger partial charge in [0, 0.05) is 0 Å². The van der Waals surface area contributed by atoms with Gasteiger partial charge in [-0.25, -0.2) is 4.79 Å². The molecule has 1 aliphatic carbocycles. The summed E-state index contributed by atoms with van der Waals surface area (Å²) in [5.74, 6) is -1.87. The van der Waals surface area contributed by atoms with Gasteiger partial charge in [-0.2, -0.15) is 0 Å². The largest absolute Gasteiger partial charge is 0.508 e. The minimum absolute atomic E-state index is 0.383. The van der Waals surface area contributed by atoms with Crippen molar-refractivity contribution in [2.45, 2.75) is 12.2 Å². The summed E-state index contributed by atoms with van der Waals surface area (Å²) in [6.45, 7) is 0. The second-order valence-electron chi connectivity index (χ2n) is 2.97. The Morgan fingerprint density at radius 3 is 2.79 bits per heavy atom. The van der Waals surface area contributed by atoms with E-state index in [9.17, 15) is 14.7 Å². The molecule has 1 saturated heterocycles. The van der Waals surface area contributed by atoms with Crippen molar-refractivity contribution in [3.63, 3.8) is 0 Å². The Labute approximate surface area is 78.6 Å². The van der Waals surface area contributed by atoms with Crippen molar-refractivity contribution in [2.75, 3.05) is 7.11 Å². The average molecular weight is 197 g/mol. The lowest BCUT2D eigenvalue weighted by Gasteiger charge is -2.10. The van der Waals surface area contributed by atoms with Crippen LogP contribution in [0.4, 0.5) is 0 Å². The van der Waals surface area contributed by atoms with Gasteiger partial charge in [0.25, 0.3) is 0 Å². The first-order valence-corrected chi connectivity index (χ1v) is 3.88. The summed E-state index contributed by atoms with van der Waals surface area (Å²) in [6.07, 6.45) is -1.54. The predicted octanol–water partition coefficient (Wildman–Crippen LogP) is -0.659. The number of ether oxygens (including phenoxy) is 2. The Morgan fingerprint density at radius 1 is 1.57 bits per heavy atom. The molecule has 0 aromatic carbocycles. The average Bonchev–Trinajstić information content (AvgIpc) is 2.94. The topological polar surface area (TPSA) is 100.0 Å². The number of carbonyl (C=O) groups excluding carboxylic acids is 2. The van der Waals surface area contributed by atoms with Gasteiger partial charge in [-0.15, -0.1) is 0 Å². The van der Waals surface area contributed by atoms with Gasteiger partial charge in [0.2, 0.25) is 5.78 Å². The third-order valence-electron chi connectivity index (χ3n) is 2.16. The number of ketones is 1. The van der Waals surface area contributed by atoms with Crippen molar-refractivity contribution in [3.8, 4) is 0 Å². The van der Waals surface area contributed by atoms with Crippen LogP contribution in [-0.2, 0) is 19.1 Å². The van der Waals surface area contributed by atoms with Crippen LogP contribution in [0.2, 0.25) is 0 Å². The van der Waals surface area contributed by atoms with Gasteiger partial charge >= 0.3 is 5.97 Å². The zero-order valence-electron chi connectivity index (χ0n) is 7.23. The first-order chi connectivity index (χ1) is 6.57. The standard InChI is InChI=1S/C8H7NO5/c1-13-8(12)2-3(9)5(11)7-6(14-7)4(2)10/h6-7,9-10H,1H3. The number of Topliss-reactive ketones (excluding diaryl/α,β-unsaturated/α-hetero) is 1. The zero-order chi connectivity index (χ0) is 10.5. The molecule has 0 radical (unpaired) electrons. The molecule has 0 aromatic rings. The number of esters is 1. The van der Waals surface area contributed by atoms with E-state index in [0.29, 0.717) is 0 Å². The smallest absolute Gasteiger partial charge is 0.343 e. The van der Waals surface area contributed by atoms with Gasteiger partial charge in [-0.3, -0.25) is 10.2 Å². The third-order valence-corrected chi connectivity index (χ3v) is 2.16. The van der Waals surface area contributed by atoms with E-state index in [0.717, 1.165) is 7.11 Å². The Hall–Kier alpha value is -1.69. The Kier molecular flexibility index (Phi) is 1.68. The number of carbonyl (C=O) groups is 2. The monoisotopic (exact) mass is 197 g/mol. The van der Waals surface area contributed by atoms with Gasteiger partial charge in [0.05, 0.1) is 7.11 Å². The van der Waals surface area contributed by atoms with Gasteiger partial charge in [-0.1, -0.05) is 0 Å². The maximum atomic E-state index is 11.2. The molecule has 0 aromatic heterocycles. The van der Waals surface area contributed by atoms with E-state index in [-0.39, 0.29) is 5.76 Å². The van der Waals surface area contributed by atoms with E-state index in [2.05, 4.69) is 4.74 Å². The normalized spacial score (nSPS) is 30.1. The maximum Gasteiger partial charge on any atom is 0.343 e. The highest BCUT2D eigenvalue weighted by atomic mass is 16.6. The quantitative estimate of drug-likeness (QED) is 0.429. The lowest BCUT2D eigenvalue weighted by atomic mass is 9.94. The van der Waals surface area contributed by atoms with Crippen LogP contribution in [0.3, 0.4) is 0 Å². The van der Waals surface area contributed by atoms with Crippen LogP contribution in [0.5, 0.6) is 0 Å². The number of aliphatic hydroxyl groups excluding tert-OH is 1. The maximum absolute atomic E-state index is 11.2. The Balaban J connectivity index is 2.45. The highest BCUT2D eigenvalue weighted by Crippen LogP contribution is 2.35. The van der Waals surface area contributed by atoms with Crippen LogP contribution in [0.25, 0.3) is 0 Å². The Morgan fingerprint density at radius 2 is 2.21 bits per heavy atom. The molecule has 2 aliphatic rings. The molecule has 1 aliphatic heterocycles. The molecule has 0 spiro atoms. The molecule has 1 fully saturated rings. The molecule has 0 bridgehead atoms. The summed E-state index contributed by atoms with van der Waals surface area (Å²) in [7, 11) is 1.11. The SMILES string of the molecule is COC(=O)C1=C(O)C2OC2C(=O)C1=N. The summed E-state index contributed by atoms with van der Waals surface area (Å²) in [4.78, 5) is 22.3. The van der Waals surface area contributed by atoms with E-state index in [1.807, 2.05) is 0 Å². The summed E-state index contributed by atoms with van der Waals surface area (Å²) in [5.41, 5.74) is -0.940. The molecule has 6 heteroatoms. The van der Waals surface area contributed by atoms with Crippen LogP contribution in [-0.4, -0.2) is 41.9 Å². The van der Waals surface area contributed by atoms with Crippen LogP contribution in [0, 0.1) is 5.41 Å². The lowest BCUT2D eigenvalue weighted by Crippen LogP contribution is -2.33. The Bertz CT molecular complexity index is 383. The van der Waals surface area contributed by atoms with Crippen molar-refractivity contribution in [1.82, 2.24) is 0 Å². The summed E-state index contributed by atoms with van der Waals surface area (Å²) in [6, 6.07) is 0. The number of hydrogen-bond acceptors (Lipinski definition) is 6. The summed E-state index contributed by atoms with van der Waals surface area (Å²) >= 11 is 0. The number of fused-ring (bicyclic) bond motifs is 1. The van der Waals surface area contributed by atoms with Crippen molar-refractivity contribution >= 4 is 17.5 Å². The van der Waals surface area contributed by atoms with E-state index < -0.39 is 35.2 Å². The highest BCUT2D eigenvalue weighted by molar-refractivity contribution is 6.53. The van der Waals surface area contributed by atoms with E-state index >= 15 is 0 Å². The molecule has 0 amide bonds. The van der Waals surface area contributed by atoms with Crippen LogP contribution < -0.4 is 0 Å². The van der Waals surface area contributed by atoms with Crippen LogP contribution in [0.1, 0.15) is 0 Å². The van der Waals surface area contributed by atoms with Crippen molar-refractivity contribution in [3.05, 3.63) is 11.3 Å². The molecule has 1 heterocycles. The van der Waals surface area contributed by atoms with Crippen LogP contribution >= 0.6 is 0 Å².